The second-order valence-electron chi connectivity index (χ2n) is 13.1. The zero-order chi connectivity index (χ0) is 34.1. The molecular formula is C34H49N3O8. The highest BCUT2D eigenvalue weighted by Gasteiger charge is 2.41. The molecular weight excluding hydrogens is 578 g/mol. The lowest BCUT2D eigenvalue weighted by molar-refractivity contribution is -0.159. The fourth-order valence-corrected chi connectivity index (χ4v) is 4.60. The molecule has 4 unspecified atom stereocenters. The Morgan fingerprint density at radius 2 is 1.47 bits per heavy atom. The van der Waals surface area contributed by atoms with Crippen LogP contribution in [0.3, 0.4) is 0 Å². The van der Waals surface area contributed by atoms with Crippen molar-refractivity contribution in [2.24, 2.45) is 0 Å². The van der Waals surface area contributed by atoms with Crippen LogP contribution in [-0.2, 0) is 30.3 Å². The average molecular weight is 628 g/mol. The van der Waals surface area contributed by atoms with E-state index in [0.29, 0.717) is 12.0 Å². The molecule has 0 aliphatic heterocycles. The smallest absolute Gasteiger partial charge is 0.408 e. The summed E-state index contributed by atoms with van der Waals surface area (Å²) in [4.78, 5) is 55.7. The Kier molecular flexibility index (Phi) is 13.0. The van der Waals surface area contributed by atoms with Gasteiger partial charge in [0.05, 0.1) is 6.61 Å². The van der Waals surface area contributed by atoms with Gasteiger partial charge in [0.1, 0.15) is 35.1 Å². The molecule has 248 valence electrons. The molecule has 2 aromatic rings. The van der Waals surface area contributed by atoms with Crippen LogP contribution in [0.5, 0.6) is 5.75 Å². The lowest BCUT2D eigenvalue weighted by atomic mass is 9.96. The Labute approximate surface area is 266 Å². The van der Waals surface area contributed by atoms with Gasteiger partial charge in [-0.25, -0.2) is 9.59 Å². The molecule has 2 aromatic carbocycles. The molecule has 0 aromatic heterocycles. The monoisotopic (exact) mass is 627 g/mol. The Balaban J connectivity index is 2.64. The van der Waals surface area contributed by atoms with Crippen LogP contribution in [0, 0.1) is 6.92 Å². The molecule has 0 aliphatic carbocycles. The van der Waals surface area contributed by atoms with E-state index in [1.165, 1.54) is 11.0 Å². The van der Waals surface area contributed by atoms with Crippen molar-refractivity contribution in [1.29, 1.82) is 0 Å². The van der Waals surface area contributed by atoms with Crippen molar-refractivity contribution >= 4 is 23.9 Å². The van der Waals surface area contributed by atoms with E-state index in [1.807, 2.05) is 37.3 Å². The third kappa shape index (κ3) is 11.1. The van der Waals surface area contributed by atoms with Crippen molar-refractivity contribution in [2.75, 3.05) is 6.61 Å². The summed E-state index contributed by atoms with van der Waals surface area (Å²) in [6, 6.07) is 9.22. The number of hydrogen-bond donors (Lipinski definition) is 4. The summed E-state index contributed by atoms with van der Waals surface area (Å²) < 4.78 is 10.9. The van der Waals surface area contributed by atoms with Crippen LogP contribution in [0.2, 0.25) is 0 Å². The minimum Gasteiger partial charge on any atom is -0.507 e. The van der Waals surface area contributed by atoms with Gasteiger partial charge in [-0.3, -0.25) is 9.59 Å². The molecule has 0 heterocycles. The highest BCUT2D eigenvalue weighted by molar-refractivity contribution is 5.94. The van der Waals surface area contributed by atoms with Crippen LogP contribution in [0.25, 0.3) is 0 Å². The number of benzene rings is 2. The number of nitrogens with zero attached hydrogens (tertiary/aromatic N) is 1. The van der Waals surface area contributed by atoms with E-state index >= 15 is 0 Å². The Morgan fingerprint density at radius 3 is 2.00 bits per heavy atom. The number of carbonyl (C=O) groups excluding carboxylic acids is 4. The third-order valence-corrected chi connectivity index (χ3v) is 6.87. The topological polar surface area (TPSA) is 154 Å². The third-order valence-electron chi connectivity index (χ3n) is 6.87. The van der Waals surface area contributed by atoms with Crippen molar-refractivity contribution in [1.82, 2.24) is 15.5 Å². The van der Waals surface area contributed by atoms with E-state index in [4.69, 9.17) is 9.47 Å². The minimum absolute atomic E-state index is 0.102. The van der Waals surface area contributed by atoms with Crippen LogP contribution >= 0.6 is 0 Å². The first-order valence-electron chi connectivity index (χ1n) is 15.2. The number of aliphatic hydroxyl groups excluding tert-OH is 1. The Bertz CT molecular complexity index is 1320. The van der Waals surface area contributed by atoms with Gasteiger partial charge in [-0.2, -0.15) is 0 Å². The first-order chi connectivity index (χ1) is 20.9. The van der Waals surface area contributed by atoms with Crippen molar-refractivity contribution in [3.05, 3.63) is 65.2 Å². The lowest BCUT2D eigenvalue weighted by Crippen LogP contribution is -2.58. The molecule has 0 aliphatic rings. The van der Waals surface area contributed by atoms with Gasteiger partial charge < -0.3 is 35.2 Å². The second-order valence-corrected chi connectivity index (χ2v) is 13.1. The first kappa shape index (κ1) is 37.1. The van der Waals surface area contributed by atoms with Gasteiger partial charge in [-0.05, 0) is 72.9 Å². The van der Waals surface area contributed by atoms with E-state index in [1.54, 1.807) is 67.5 Å². The number of aryl methyl sites for hydroxylation is 1. The number of aromatic hydroxyl groups is 1. The molecule has 0 radical (unpaired) electrons. The van der Waals surface area contributed by atoms with E-state index in [2.05, 4.69) is 10.6 Å². The summed E-state index contributed by atoms with van der Waals surface area (Å²) in [6.45, 7) is 14.5. The normalized spacial score (nSPS) is 14.4. The number of carbonyl (C=O) groups is 4. The number of phenolic OH excluding ortho intramolecular Hbond substituents is 1. The molecule has 0 spiro atoms. The molecule has 4 N–H and O–H groups in total. The summed E-state index contributed by atoms with van der Waals surface area (Å²) in [5.74, 6) is -2.43. The predicted molar refractivity (Wildman–Crippen MR) is 170 cm³/mol. The fourth-order valence-electron chi connectivity index (χ4n) is 4.60. The maximum atomic E-state index is 14.4. The van der Waals surface area contributed by atoms with Crippen molar-refractivity contribution in [3.8, 4) is 5.75 Å². The van der Waals surface area contributed by atoms with E-state index in [-0.39, 0.29) is 17.7 Å². The van der Waals surface area contributed by atoms with Crippen LogP contribution in [0.15, 0.2) is 48.5 Å². The van der Waals surface area contributed by atoms with Gasteiger partial charge >= 0.3 is 12.1 Å². The largest absolute Gasteiger partial charge is 0.507 e. The molecule has 2 rings (SSSR count). The minimum atomic E-state index is -1.47. The molecule has 0 saturated heterocycles. The quantitative estimate of drug-likeness (QED) is 0.254. The van der Waals surface area contributed by atoms with Crippen LogP contribution in [0.1, 0.15) is 84.5 Å². The maximum Gasteiger partial charge on any atom is 0.408 e. The van der Waals surface area contributed by atoms with Gasteiger partial charge in [0.15, 0.2) is 0 Å². The van der Waals surface area contributed by atoms with Gasteiger partial charge in [0, 0.05) is 18.0 Å². The number of phenols is 1. The van der Waals surface area contributed by atoms with Crippen LogP contribution in [-0.4, -0.2) is 74.9 Å². The van der Waals surface area contributed by atoms with Gasteiger partial charge in [-0.15, -0.1) is 0 Å². The molecule has 0 saturated carbocycles. The van der Waals surface area contributed by atoms with Gasteiger partial charge in [-0.1, -0.05) is 55.5 Å². The summed E-state index contributed by atoms with van der Waals surface area (Å²) in [6.07, 6.45) is -0.442. The Morgan fingerprint density at radius 1 is 0.867 bits per heavy atom. The first-order valence-corrected chi connectivity index (χ1v) is 15.2. The van der Waals surface area contributed by atoms with Crippen molar-refractivity contribution in [3.63, 3.8) is 0 Å². The zero-order valence-corrected chi connectivity index (χ0v) is 27.8. The summed E-state index contributed by atoms with van der Waals surface area (Å²) >= 11 is 0. The number of alkyl carbamates (subject to hydrolysis) is 1. The summed E-state index contributed by atoms with van der Waals surface area (Å²) in [5, 5.41) is 26.5. The molecule has 4 atom stereocenters. The number of rotatable bonds is 12. The van der Waals surface area contributed by atoms with E-state index in [9.17, 15) is 29.4 Å². The molecule has 11 heteroatoms. The summed E-state index contributed by atoms with van der Waals surface area (Å²) in [7, 11) is 0. The van der Waals surface area contributed by atoms with E-state index < -0.39 is 65.9 Å². The van der Waals surface area contributed by atoms with Crippen LogP contribution in [0.4, 0.5) is 4.79 Å². The van der Waals surface area contributed by atoms with Gasteiger partial charge in [0.25, 0.3) is 0 Å². The maximum absolute atomic E-state index is 14.4. The SMILES string of the molecule is CCC(C)N(C(=O)C(CO)NC(=O)OC(C)(C)C)C(C(=O)NC(Cc1ccccc1)C(=O)OC(C)(C)C)c1cccc(C)c1O. The summed E-state index contributed by atoms with van der Waals surface area (Å²) in [5.41, 5.74) is -0.376. The lowest BCUT2D eigenvalue weighted by Gasteiger charge is -2.38. The molecule has 0 bridgehead atoms. The molecule has 45 heavy (non-hydrogen) atoms. The average Bonchev–Trinajstić information content (AvgIpc) is 2.94. The standard InChI is InChI=1S/C34H49N3O8/c1-10-22(3)37(30(41)26(20-38)36-32(43)45-34(7,8)9)27(24-18-14-15-21(2)28(24)39)29(40)35-25(31(42)44-33(4,5)6)19-23-16-12-11-13-17-23/h11-18,22,25-27,38-39H,10,19-20H2,1-9H3,(H,35,40)(H,36,43). The van der Waals surface area contributed by atoms with E-state index in [0.717, 1.165) is 5.56 Å². The number of hydrogen-bond acceptors (Lipinski definition) is 8. The number of nitrogens with one attached hydrogen (secondary N) is 2. The molecule has 3 amide bonds. The predicted octanol–water partition coefficient (Wildman–Crippen LogP) is 4.32. The van der Waals surface area contributed by atoms with Gasteiger partial charge in [0.2, 0.25) is 11.8 Å². The van der Waals surface area contributed by atoms with Crippen LogP contribution < -0.4 is 10.6 Å². The Hall–Kier alpha value is -4.12. The van der Waals surface area contributed by atoms with Crippen molar-refractivity contribution < 1.29 is 38.9 Å². The fraction of sp³-hybridized carbons (Fsp3) is 0.529. The number of para-hydroxylation sites is 1. The number of ether oxygens (including phenoxy) is 2. The molecule has 0 fully saturated rings. The highest BCUT2D eigenvalue weighted by Crippen LogP contribution is 2.34. The molecule has 11 nitrogen and oxygen atoms in total. The number of esters is 1. The number of aliphatic hydroxyl groups is 1. The zero-order valence-electron chi connectivity index (χ0n) is 27.8. The van der Waals surface area contributed by atoms with Crippen molar-refractivity contribution in [2.45, 2.75) is 111 Å². The highest BCUT2D eigenvalue weighted by atomic mass is 16.6. The number of amides is 3. The second kappa shape index (κ2) is 15.7.